The van der Waals surface area contributed by atoms with Crippen LogP contribution in [0.2, 0.25) is 0 Å². The standard InChI is InChI=1S/C16H16N2O8S2/c1-12(15(17(19)20)27(23,24)13-8-4-2-5-9-13)16(18(21)22)28(25,26)14-10-6-3-7-11-14/h2-12,15-16H,1H3/t12?,15-,16+. The van der Waals surface area contributed by atoms with Crippen molar-refractivity contribution in [3.63, 3.8) is 0 Å². The predicted octanol–water partition coefficient (Wildman–Crippen LogP) is 1.78. The van der Waals surface area contributed by atoms with Gasteiger partial charge in [-0.05, 0) is 31.2 Å². The van der Waals surface area contributed by atoms with Crippen LogP contribution in [0.5, 0.6) is 0 Å². The summed E-state index contributed by atoms with van der Waals surface area (Å²) in [5, 5.41) is 18.1. The van der Waals surface area contributed by atoms with E-state index in [4.69, 9.17) is 0 Å². The third-order valence-electron chi connectivity index (χ3n) is 4.09. The fraction of sp³-hybridized carbons (Fsp3) is 0.250. The summed E-state index contributed by atoms with van der Waals surface area (Å²) in [6.07, 6.45) is 0. The van der Waals surface area contributed by atoms with Gasteiger partial charge >= 0.3 is 10.7 Å². The first kappa shape index (κ1) is 21.4. The zero-order valence-electron chi connectivity index (χ0n) is 14.5. The van der Waals surface area contributed by atoms with Crippen LogP contribution in [0, 0.1) is 26.1 Å². The Morgan fingerprint density at radius 3 is 1.21 bits per heavy atom. The van der Waals surface area contributed by atoms with Crippen LogP contribution in [0.25, 0.3) is 0 Å². The van der Waals surface area contributed by atoms with E-state index in [1.165, 1.54) is 36.4 Å². The molecule has 0 bridgehead atoms. The summed E-state index contributed by atoms with van der Waals surface area (Å²) in [4.78, 5) is 19.9. The average Bonchev–Trinajstić information content (AvgIpc) is 2.62. The highest BCUT2D eigenvalue weighted by Gasteiger charge is 2.55. The Balaban J connectivity index is 2.61. The summed E-state index contributed by atoms with van der Waals surface area (Å²) in [5.41, 5.74) is 0. The van der Waals surface area contributed by atoms with Crippen molar-refractivity contribution in [1.29, 1.82) is 0 Å². The van der Waals surface area contributed by atoms with E-state index in [1.54, 1.807) is 0 Å². The molecule has 2 aromatic rings. The van der Waals surface area contributed by atoms with Crippen LogP contribution in [-0.2, 0) is 19.7 Å². The van der Waals surface area contributed by atoms with Crippen LogP contribution in [0.3, 0.4) is 0 Å². The summed E-state index contributed by atoms with van der Waals surface area (Å²) in [7, 11) is -9.38. The molecule has 28 heavy (non-hydrogen) atoms. The molecule has 12 heteroatoms. The Morgan fingerprint density at radius 2 is 0.964 bits per heavy atom. The van der Waals surface area contributed by atoms with E-state index in [1.807, 2.05) is 0 Å². The number of nitrogens with zero attached hydrogens (tertiary/aromatic N) is 2. The van der Waals surface area contributed by atoms with Gasteiger partial charge in [0.25, 0.3) is 0 Å². The molecule has 3 atom stereocenters. The van der Waals surface area contributed by atoms with Crippen LogP contribution in [-0.4, -0.2) is 37.4 Å². The molecular formula is C16H16N2O8S2. The number of hydrogen-bond acceptors (Lipinski definition) is 8. The Labute approximate surface area is 161 Å². The summed E-state index contributed by atoms with van der Waals surface area (Å²) in [6, 6.07) is 12.7. The van der Waals surface area contributed by atoms with Crippen molar-refractivity contribution in [2.24, 2.45) is 5.92 Å². The third-order valence-corrected chi connectivity index (χ3v) is 8.43. The largest absolute Gasteiger partial charge is 0.324 e. The molecule has 10 nitrogen and oxygen atoms in total. The van der Waals surface area contributed by atoms with E-state index in [9.17, 15) is 37.1 Å². The lowest BCUT2D eigenvalue weighted by Crippen LogP contribution is -2.47. The van der Waals surface area contributed by atoms with Gasteiger partial charge in [0.1, 0.15) is 5.92 Å². The highest BCUT2D eigenvalue weighted by Crippen LogP contribution is 2.30. The molecule has 0 spiro atoms. The number of hydrogen-bond donors (Lipinski definition) is 0. The average molecular weight is 428 g/mol. The maximum absolute atomic E-state index is 12.7. The van der Waals surface area contributed by atoms with Gasteiger partial charge in [-0.25, -0.2) is 16.8 Å². The monoisotopic (exact) mass is 428 g/mol. The van der Waals surface area contributed by atoms with Crippen molar-refractivity contribution in [2.75, 3.05) is 0 Å². The SMILES string of the molecule is CC([C@H]([N+](=O)[O-])S(=O)(=O)c1ccccc1)[C@@H]([N+](=O)[O-])S(=O)(=O)c1ccccc1. The zero-order valence-corrected chi connectivity index (χ0v) is 16.1. The second kappa shape index (κ2) is 8.02. The topological polar surface area (TPSA) is 155 Å². The van der Waals surface area contributed by atoms with E-state index in [0.29, 0.717) is 0 Å². The van der Waals surface area contributed by atoms with E-state index >= 15 is 0 Å². The third kappa shape index (κ3) is 4.02. The molecule has 0 aliphatic heterocycles. The van der Waals surface area contributed by atoms with Crippen molar-refractivity contribution in [2.45, 2.75) is 27.5 Å². The van der Waals surface area contributed by atoms with Gasteiger partial charge in [-0.15, -0.1) is 0 Å². The van der Waals surface area contributed by atoms with E-state index in [-0.39, 0.29) is 0 Å². The first-order valence-electron chi connectivity index (χ1n) is 7.86. The first-order valence-corrected chi connectivity index (χ1v) is 11.0. The van der Waals surface area contributed by atoms with E-state index in [0.717, 1.165) is 31.2 Å². The Hall–Kier alpha value is -2.86. The van der Waals surface area contributed by atoms with Gasteiger partial charge in [-0.1, -0.05) is 36.4 Å². The minimum atomic E-state index is -4.69. The lowest BCUT2D eigenvalue weighted by molar-refractivity contribution is -0.544. The molecule has 2 rings (SSSR count). The van der Waals surface area contributed by atoms with Crippen molar-refractivity contribution in [3.8, 4) is 0 Å². The molecule has 150 valence electrons. The molecule has 0 heterocycles. The van der Waals surface area contributed by atoms with Gasteiger partial charge in [0, 0.05) is 9.85 Å². The quantitative estimate of drug-likeness (QED) is 0.455. The van der Waals surface area contributed by atoms with Crippen LogP contribution in [0.1, 0.15) is 6.92 Å². The molecule has 0 amide bonds. The number of sulfone groups is 2. The zero-order chi connectivity index (χ0) is 21.1. The fourth-order valence-corrected chi connectivity index (χ4v) is 6.43. The molecule has 0 aliphatic carbocycles. The van der Waals surface area contributed by atoms with Gasteiger partial charge in [-0.2, -0.15) is 0 Å². The summed E-state index contributed by atoms with van der Waals surface area (Å²) in [5.74, 6) is -1.97. The molecule has 0 radical (unpaired) electrons. The lowest BCUT2D eigenvalue weighted by atomic mass is 10.2. The second-order valence-electron chi connectivity index (χ2n) is 5.93. The molecule has 0 aliphatic rings. The van der Waals surface area contributed by atoms with Gasteiger partial charge in [0.05, 0.1) is 9.79 Å². The molecule has 0 saturated heterocycles. The Bertz CT molecular complexity index is 983. The smallest absolute Gasteiger partial charge is 0.263 e. The molecule has 0 aromatic heterocycles. The van der Waals surface area contributed by atoms with Gasteiger partial charge < -0.3 is 0 Å². The normalized spacial score (nSPS) is 15.3. The highest BCUT2D eigenvalue weighted by atomic mass is 32.2. The minimum Gasteiger partial charge on any atom is -0.263 e. The molecule has 0 saturated carbocycles. The fourth-order valence-electron chi connectivity index (χ4n) is 2.82. The van der Waals surface area contributed by atoms with Gasteiger partial charge in [0.2, 0.25) is 19.7 Å². The summed E-state index contributed by atoms with van der Waals surface area (Å²) >= 11 is 0. The molecule has 1 unspecified atom stereocenters. The second-order valence-corrected chi connectivity index (χ2v) is 10.0. The van der Waals surface area contributed by atoms with Crippen molar-refractivity contribution >= 4 is 19.7 Å². The van der Waals surface area contributed by atoms with Crippen molar-refractivity contribution in [1.82, 2.24) is 0 Å². The summed E-state index contributed by atoms with van der Waals surface area (Å²) < 4.78 is 51.0. The van der Waals surface area contributed by atoms with Crippen molar-refractivity contribution in [3.05, 3.63) is 80.9 Å². The van der Waals surface area contributed by atoms with Crippen LogP contribution in [0.4, 0.5) is 0 Å². The lowest BCUT2D eigenvalue weighted by Gasteiger charge is -2.20. The number of benzene rings is 2. The number of rotatable bonds is 8. The van der Waals surface area contributed by atoms with Gasteiger partial charge in [0.15, 0.2) is 0 Å². The molecular weight excluding hydrogens is 412 g/mol. The molecule has 0 N–H and O–H groups in total. The van der Waals surface area contributed by atoms with Crippen LogP contribution < -0.4 is 0 Å². The van der Waals surface area contributed by atoms with Crippen molar-refractivity contribution < 1.29 is 26.7 Å². The maximum atomic E-state index is 12.7. The molecule has 2 aromatic carbocycles. The maximum Gasteiger partial charge on any atom is 0.324 e. The van der Waals surface area contributed by atoms with E-state index < -0.39 is 56.0 Å². The predicted molar refractivity (Wildman–Crippen MR) is 98.0 cm³/mol. The molecule has 0 fully saturated rings. The Kier molecular flexibility index (Phi) is 6.14. The summed E-state index contributed by atoms with van der Waals surface area (Å²) in [6.45, 7) is 0.877. The van der Waals surface area contributed by atoms with Crippen LogP contribution in [0.15, 0.2) is 70.5 Å². The minimum absolute atomic E-state index is 0.428. The van der Waals surface area contributed by atoms with E-state index in [2.05, 4.69) is 0 Å². The van der Waals surface area contributed by atoms with Gasteiger partial charge in [-0.3, -0.25) is 20.2 Å². The Morgan fingerprint density at radius 1 is 0.679 bits per heavy atom. The number of nitro groups is 2. The van der Waals surface area contributed by atoms with Crippen LogP contribution >= 0.6 is 0 Å². The highest BCUT2D eigenvalue weighted by molar-refractivity contribution is 7.92. The first-order chi connectivity index (χ1) is 13.0.